The molecule has 1 aliphatic carbocycles. The third-order valence-electron chi connectivity index (χ3n) is 3.99. The Morgan fingerprint density at radius 3 is 2.50 bits per heavy atom. The zero-order valence-corrected chi connectivity index (χ0v) is 14.5. The molecule has 3 rings (SSSR count). The second kappa shape index (κ2) is 7.79. The SMILES string of the molecule is NC(=CC(=Nc1ccc(NC(=O)c2ccccc2F)cn1)C1CC1)C(F)(F)F. The summed E-state index contributed by atoms with van der Waals surface area (Å²) >= 11 is 0. The van der Waals surface area contributed by atoms with Crippen LogP contribution in [-0.2, 0) is 0 Å². The van der Waals surface area contributed by atoms with Gasteiger partial charge in [-0.2, -0.15) is 13.2 Å². The predicted octanol–water partition coefficient (Wildman–Crippen LogP) is 4.36. The Bertz CT molecular complexity index is 932. The first kappa shape index (κ1) is 19.5. The predicted molar refractivity (Wildman–Crippen MR) is 96.7 cm³/mol. The maximum absolute atomic E-state index is 13.6. The summed E-state index contributed by atoms with van der Waals surface area (Å²) in [6.07, 6.45) is -1.04. The molecule has 5 nitrogen and oxygen atoms in total. The van der Waals surface area contributed by atoms with Crippen molar-refractivity contribution in [2.75, 3.05) is 5.32 Å². The molecule has 9 heteroatoms. The number of halogens is 4. The van der Waals surface area contributed by atoms with E-state index in [-0.39, 0.29) is 23.0 Å². The van der Waals surface area contributed by atoms with Crippen molar-refractivity contribution in [2.45, 2.75) is 19.0 Å². The quantitative estimate of drug-likeness (QED) is 0.586. The fraction of sp³-hybridized carbons (Fsp3) is 0.211. The number of anilines is 1. The summed E-state index contributed by atoms with van der Waals surface area (Å²) in [5.74, 6) is -1.20. The Morgan fingerprint density at radius 1 is 1.21 bits per heavy atom. The molecule has 0 aliphatic heterocycles. The monoisotopic (exact) mass is 392 g/mol. The third kappa shape index (κ3) is 4.93. The molecule has 1 aliphatic rings. The van der Waals surface area contributed by atoms with E-state index in [1.165, 1.54) is 42.6 Å². The minimum atomic E-state index is -4.62. The van der Waals surface area contributed by atoms with Gasteiger partial charge < -0.3 is 11.1 Å². The van der Waals surface area contributed by atoms with Crippen molar-refractivity contribution in [3.05, 3.63) is 65.7 Å². The average Bonchev–Trinajstić information content (AvgIpc) is 3.47. The van der Waals surface area contributed by atoms with Crippen LogP contribution >= 0.6 is 0 Å². The fourth-order valence-electron chi connectivity index (χ4n) is 2.36. The first-order valence-electron chi connectivity index (χ1n) is 8.39. The Labute approximate surface area is 158 Å². The number of hydrogen-bond donors (Lipinski definition) is 2. The summed E-state index contributed by atoms with van der Waals surface area (Å²) in [4.78, 5) is 20.2. The molecule has 1 saturated carbocycles. The number of nitrogens with two attached hydrogens (primary N) is 1. The normalized spacial score (nSPS) is 15.4. The minimum Gasteiger partial charge on any atom is -0.395 e. The molecule has 1 aromatic carbocycles. The molecule has 0 bridgehead atoms. The van der Waals surface area contributed by atoms with E-state index < -0.39 is 23.6 Å². The Morgan fingerprint density at radius 2 is 1.93 bits per heavy atom. The smallest absolute Gasteiger partial charge is 0.395 e. The van der Waals surface area contributed by atoms with Gasteiger partial charge >= 0.3 is 6.18 Å². The molecule has 3 N–H and O–H groups in total. The molecule has 146 valence electrons. The number of amides is 1. The van der Waals surface area contributed by atoms with Gasteiger partial charge in [0.2, 0.25) is 0 Å². The van der Waals surface area contributed by atoms with Crippen molar-refractivity contribution >= 4 is 23.1 Å². The van der Waals surface area contributed by atoms with Gasteiger partial charge in [-0.25, -0.2) is 14.4 Å². The number of nitrogens with one attached hydrogen (secondary N) is 1. The zero-order valence-electron chi connectivity index (χ0n) is 14.5. The van der Waals surface area contributed by atoms with Gasteiger partial charge in [0.25, 0.3) is 5.91 Å². The summed E-state index contributed by atoms with van der Waals surface area (Å²) in [7, 11) is 0. The molecule has 0 unspecified atom stereocenters. The number of nitrogens with zero attached hydrogens (tertiary/aromatic N) is 2. The second-order valence-corrected chi connectivity index (χ2v) is 6.25. The van der Waals surface area contributed by atoms with E-state index in [1.54, 1.807) is 0 Å². The molecule has 0 spiro atoms. The number of aliphatic imine (C=N–C) groups is 1. The van der Waals surface area contributed by atoms with Gasteiger partial charge in [-0.3, -0.25) is 4.79 Å². The molecule has 1 fully saturated rings. The first-order valence-corrected chi connectivity index (χ1v) is 8.39. The number of alkyl halides is 3. The summed E-state index contributed by atoms with van der Waals surface area (Å²) in [6, 6.07) is 8.44. The largest absolute Gasteiger partial charge is 0.430 e. The Kier molecular flexibility index (Phi) is 5.43. The number of rotatable bonds is 5. The molecule has 28 heavy (non-hydrogen) atoms. The van der Waals surface area contributed by atoms with Crippen LogP contribution in [0, 0.1) is 11.7 Å². The van der Waals surface area contributed by atoms with Gasteiger partial charge in [-0.15, -0.1) is 0 Å². The molecular weight excluding hydrogens is 376 g/mol. The lowest BCUT2D eigenvalue weighted by Gasteiger charge is -2.08. The van der Waals surface area contributed by atoms with Gasteiger partial charge in [0.05, 0.1) is 17.4 Å². The summed E-state index contributed by atoms with van der Waals surface area (Å²) < 4.78 is 51.6. The highest BCUT2D eigenvalue weighted by atomic mass is 19.4. The van der Waals surface area contributed by atoms with E-state index in [9.17, 15) is 22.4 Å². The highest BCUT2D eigenvalue weighted by Gasteiger charge is 2.34. The maximum atomic E-state index is 13.6. The van der Waals surface area contributed by atoms with Crippen molar-refractivity contribution < 1.29 is 22.4 Å². The number of carbonyl (C=O) groups is 1. The van der Waals surface area contributed by atoms with Crippen LogP contribution in [0.1, 0.15) is 23.2 Å². The maximum Gasteiger partial charge on any atom is 0.430 e. The van der Waals surface area contributed by atoms with Gasteiger partial charge in [0.1, 0.15) is 11.5 Å². The highest BCUT2D eigenvalue weighted by Crippen LogP contribution is 2.34. The number of benzene rings is 1. The third-order valence-corrected chi connectivity index (χ3v) is 3.99. The lowest BCUT2D eigenvalue weighted by Crippen LogP contribution is -2.21. The molecule has 0 radical (unpaired) electrons. The van der Waals surface area contributed by atoms with E-state index in [2.05, 4.69) is 15.3 Å². The van der Waals surface area contributed by atoms with E-state index in [0.29, 0.717) is 5.69 Å². The van der Waals surface area contributed by atoms with Crippen molar-refractivity contribution in [3.63, 3.8) is 0 Å². The lowest BCUT2D eigenvalue weighted by molar-refractivity contribution is -0.0925. The number of carbonyl (C=O) groups excluding carboxylic acids is 1. The van der Waals surface area contributed by atoms with Crippen LogP contribution in [-0.4, -0.2) is 22.8 Å². The van der Waals surface area contributed by atoms with Crippen molar-refractivity contribution in [3.8, 4) is 0 Å². The van der Waals surface area contributed by atoms with Crippen molar-refractivity contribution in [1.82, 2.24) is 4.98 Å². The number of hydrogen-bond acceptors (Lipinski definition) is 4. The summed E-state index contributed by atoms with van der Waals surface area (Å²) in [5.41, 5.74) is 4.25. The van der Waals surface area contributed by atoms with Crippen molar-refractivity contribution in [1.29, 1.82) is 0 Å². The van der Waals surface area contributed by atoms with Crippen LogP contribution in [0.5, 0.6) is 0 Å². The van der Waals surface area contributed by atoms with Crippen LogP contribution in [0.15, 0.2) is 59.4 Å². The van der Waals surface area contributed by atoms with E-state index in [0.717, 1.165) is 18.9 Å². The van der Waals surface area contributed by atoms with E-state index >= 15 is 0 Å². The molecule has 2 aromatic rings. The fourth-order valence-corrected chi connectivity index (χ4v) is 2.36. The Balaban J connectivity index is 1.75. The summed E-state index contributed by atoms with van der Waals surface area (Å²) in [6.45, 7) is 0. The first-order chi connectivity index (χ1) is 13.2. The van der Waals surface area contributed by atoms with Crippen LogP contribution in [0.25, 0.3) is 0 Å². The minimum absolute atomic E-state index is 0.0804. The van der Waals surface area contributed by atoms with Crippen molar-refractivity contribution in [2.24, 2.45) is 16.6 Å². The van der Waals surface area contributed by atoms with E-state index in [4.69, 9.17) is 5.73 Å². The number of aromatic nitrogens is 1. The van der Waals surface area contributed by atoms with Gasteiger partial charge in [-0.05, 0) is 43.2 Å². The van der Waals surface area contributed by atoms with Crippen LogP contribution < -0.4 is 11.1 Å². The molecule has 1 heterocycles. The van der Waals surface area contributed by atoms with Crippen LogP contribution in [0.4, 0.5) is 29.1 Å². The number of pyridine rings is 1. The number of allylic oxidation sites excluding steroid dienone is 2. The van der Waals surface area contributed by atoms with Gasteiger partial charge in [0.15, 0.2) is 5.82 Å². The van der Waals surface area contributed by atoms with Crippen LogP contribution in [0.2, 0.25) is 0 Å². The van der Waals surface area contributed by atoms with Crippen LogP contribution in [0.3, 0.4) is 0 Å². The van der Waals surface area contributed by atoms with Gasteiger partial charge in [0, 0.05) is 11.6 Å². The standard InChI is InChI=1S/C19H16F4N4O/c20-14-4-2-1-3-13(14)18(28)26-12-7-8-17(25-10-12)27-15(11-5-6-11)9-16(24)19(21,22)23/h1-4,7-11H,5-6,24H2,(H,26,28). The second-order valence-electron chi connectivity index (χ2n) is 6.25. The lowest BCUT2D eigenvalue weighted by atomic mass is 10.2. The molecule has 0 atom stereocenters. The molecule has 1 amide bonds. The average molecular weight is 392 g/mol. The zero-order chi connectivity index (χ0) is 20.3. The molecule has 1 aromatic heterocycles. The highest BCUT2D eigenvalue weighted by molar-refractivity contribution is 6.04. The molecular formula is C19H16F4N4O. The topological polar surface area (TPSA) is 80.4 Å². The van der Waals surface area contributed by atoms with E-state index in [1.807, 2.05) is 0 Å². The van der Waals surface area contributed by atoms with Gasteiger partial charge in [-0.1, -0.05) is 12.1 Å². The summed E-state index contributed by atoms with van der Waals surface area (Å²) in [5, 5.41) is 2.50. The Hall–Kier alpha value is -3.23. The molecule has 0 saturated heterocycles.